The van der Waals surface area contributed by atoms with Crippen LogP contribution in [0.1, 0.15) is 45.9 Å². The van der Waals surface area contributed by atoms with Crippen molar-refractivity contribution in [2.75, 3.05) is 0 Å². The molecule has 0 saturated carbocycles. The molecule has 9 aromatic rings. The van der Waals surface area contributed by atoms with Crippen molar-refractivity contribution >= 4 is 46.2 Å². The number of fused-ring (bicyclic) bond motifs is 4. The molecule has 7 heteroatoms. The maximum Gasteiger partial charge on any atom is 0.120 e. The predicted molar refractivity (Wildman–Crippen MR) is 245 cm³/mol. The molecule has 0 saturated heterocycles. The van der Waals surface area contributed by atoms with E-state index in [1.807, 2.05) is 60.8 Å². The summed E-state index contributed by atoms with van der Waals surface area (Å²) < 4.78 is 8.62. The van der Waals surface area contributed by atoms with Crippen LogP contribution in [0.3, 0.4) is 0 Å². The summed E-state index contributed by atoms with van der Waals surface area (Å²) in [6.45, 7) is 18.3. The summed E-state index contributed by atoms with van der Waals surface area (Å²) in [5.41, 5.74) is 12.2. The van der Waals surface area contributed by atoms with Gasteiger partial charge in [0, 0.05) is 49.0 Å². The molecule has 0 bridgehead atoms. The minimum Gasteiger partial charge on any atom is -0.501 e. The van der Waals surface area contributed by atoms with Crippen molar-refractivity contribution in [3.8, 4) is 39.5 Å². The third-order valence-electron chi connectivity index (χ3n) is 10.5. The topological polar surface area (TPSA) is 56.7 Å². The van der Waals surface area contributed by atoms with Crippen LogP contribution in [0.2, 0.25) is 19.6 Å². The summed E-state index contributed by atoms with van der Waals surface area (Å²) >= 11 is 0. The van der Waals surface area contributed by atoms with Gasteiger partial charge >= 0.3 is 0 Å². The zero-order valence-corrected chi connectivity index (χ0v) is 38.5. The molecule has 5 aromatic carbocycles. The molecule has 0 fully saturated rings. The van der Waals surface area contributed by atoms with E-state index in [-0.39, 0.29) is 25.5 Å². The van der Waals surface area contributed by atoms with Gasteiger partial charge in [0.15, 0.2) is 0 Å². The van der Waals surface area contributed by atoms with Gasteiger partial charge in [0.2, 0.25) is 0 Å². The number of imidazole rings is 1. The smallest absolute Gasteiger partial charge is 0.120 e. The second-order valence-electron chi connectivity index (χ2n) is 17.5. The molecule has 0 aliphatic rings. The Morgan fingerprint density at radius 1 is 0.746 bits per heavy atom. The van der Waals surface area contributed by atoms with Crippen LogP contribution >= 0.6 is 0 Å². The van der Waals surface area contributed by atoms with E-state index in [1.165, 1.54) is 21.9 Å². The predicted octanol–water partition coefficient (Wildman–Crippen LogP) is 13.0. The summed E-state index contributed by atoms with van der Waals surface area (Å²) in [6, 6.07) is 50.3. The molecule has 299 valence electrons. The standard InChI is InChI=1S/C34H26N3O.C18H24NSi.Ir/c1-34(2,3)32-30-28(20-21-35-32)36-33(27-14-9-13-26-25-12-7-8-15-29(25)38-31(26)27)37(30)24-18-16-23(17-19-24)22-10-5-4-6-11-22;1-14(2)11-16-12-17(15-9-7-6-8-10-15)19-13-18(16)20(3,4)5;/h4-13,15-21H,1-3H3;6-9,12-14H,11H2,1-5H3;/q2*-1;. The Labute approximate surface area is 363 Å². The van der Waals surface area contributed by atoms with Crippen molar-refractivity contribution in [2.24, 2.45) is 5.92 Å². The zero-order valence-electron chi connectivity index (χ0n) is 35.1. The van der Waals surface area contributed by atoms with E-state index in [0.29, 0.717) is 5.92 Å². The van der Waals surface area contributed by atoms with Gasteiger partial charge in [-0.2, -0.15) is 0 Å². The maximum atomic E-state index is 6.40. The summed E-state index contributed by atoms with van der Waals surface area (Å²) in [4.78, 5) is 14.7. The Balaban J connectivity index is 0.000000214. The molecule has 0 spiro atoms. The fraction of sp³-hybridized carbons (Fsp3) is 0.212. The quantitative estimate of drug-likeness (QED) is 0.118. The van der Waals surface area contributed by atoms with Gasteiger partial charge in [0.1, 0.15) is 5.58 Å². The molecule has 0 aliphatic heterocycles. The van der Waals surface area contributed by atoms with Crippen molar-refractivity contribution in [2.45, 2.75) is 66.1 Å². The normalized spacial score (nSPS) is 11.8. The van der Waals surface area contributed by atoms with Crippen molar-refractivity contribution in [1.82, 2.24) is 19.5 Å². The number of nitrogens with zero attached hydrogens (tertiary/aromatic N) is 4. The molecule has 4 aromatic heterocycles. The van der Waals surface area contributed by atoms with Gasteiger partial charge in [-0.05, 0) is 58.6 Å². The molecule has 0 N–H and O–H groups in total. The molecular formula is C52H50IrN4OSi-2. The summed E-state index contributed by atoms with van der Waals surface area (Å²) in [6.07, 6.45) is 5.09. The van der Waals surface area contributed by atoms with Crippen LogP contribution in [0.15, 0.2) is 144 Å². The van der Waals surface area contributed by atoms with Crippen LogP contribution < -0.4 is 5.19 Å². The minimum absolute atomic E-state index is 0. The Bertz CT molecular complexity index is 2850. The average Bonchev–Trinajstić information content (AvgIpc) is 3.80. The van der Waals surface area contributed by atoms with E-state index in [1.54, 1.807) is 0 Å². The molecule has 1 radical (unpaired) electrons. The van der Waals surface area contributed by atoms with Gasteiger partial charge in [0.05, 0.1) is 36.2 Å². The van der Waals surface area contributed by atoms with Gasteiger partial charge in [-0.25, -0.2) is 0 Å². The van der Waals surface area contributed by atoms with Crippen LogP contribution in [0.25, 0.3) is 72.4 Å². The van der Waals surface area contributed by atoms with E-state index in [2.05, 4.69) is 155 Å². The van der Waals surface area contributed by atoms with Crippen molar-refractivity contribution in [3.05, 3.63) is 163 Å². The van der Waals surface area contributed by atoms with Gasteiger partial charge in [-0.15, -0.1) is 54.1 Å². The Hall–Kier alpha value is -5.46. The van der Waals surface area contributed by atoms with Gasteiger partial charge in [-0.3, -0.25) is 9.97 Å². The van der Waals surface area contributed by atoms with Crippen LogP contribution in [0, 0.1) is 18.1 Å². The number of furan rings is 1. The molecule has 0 atom stereocenters. The molecule has 9 rings (SSSR count). The largest absolute Gasteiger partial charge is 0.501 e. The van der Waals surface area contributed by atoms with Gasteiger partial charge < -0.3 is 14.0 Å². The molecule has 5 nitrogen and oxygen atoms in total. The van der Waals surface area contributed by atoms with Crippen LogP contribution in [0.5, 0.6) is 0 Å². The van der Waals surface area contributed by atoms with Crippen molar-refractivity contribution in [1.29, 1.82) is 0 Å². The first-order chi connectivity index (χ1) is 27.9. The summed E-state index contributed by atoms with van der Waals surface area (Å²) in [5, 5.41) is 3.64. The first kappa shape index (κ1) is 41.7. The summed E-state index contributed by atoms with van der Waals surface area (Å²) in [5.74, 6) is 1.45. The van der Waals surface area contributed by atoms with Crippen molar-refractivity contribution < 1.29 is 24.5 Å². The molecular weight excluding hydrogens is 917 g/mol. The van der Waals surface area contributed by atoms with Crippen LogP contribution in [-0.4, -0.2) is 27.6 Å². The third-order valence-corrected chi connectivity index (χ3v) is 12.5. The van der Waals surface area contributed by atoms with Gasteiger partial charge in [0.25, 0.3) is 0 Å². The van der Waals surface area contributed by atoms with E-state index >= 15 is 0 Å². The first-order valence-corrected chi connectivity index (χ1v) is 23.7. The Morgan fingerprint density at radius 2 is 1.46 bits per heavy atom. The Kier molecular flexibility index (Phi) is 12.0. The zero-order chi connectivity index (χ0) is 40.6. The van der Waals surface area contributed by atoms with Gasteiger partial charge in [-0.1, -0.05) is 138 Å². The van der Waals surface area contributed by atoms with E-state index in [4.69, 9.17) is 14.4 Å². The van der Waals surface area contributed by atoms with Crippen LogP contribution in [0.4, 0.5) is 0 Å². The number of hydrogen-bond donors (Lipinski definition) is 0. The molecule has 59 heavy (non-hydrogen) atoms. The van der Waals surface area contributed by atoms with Crippen LogP contribution in [-0.2, 0) is 31.9 Å². The van der Waals surface area contributed by atoms with Crippen molar-refractivity contribution in [3.63, 3.8) is 0 Å². The molecule has 4 heterocycles. The first-order valence-electron chi connectivity index (χ1n) is 20.2. The number of benzene rings is 5. The second-order valence-corrected chi connectivity index (χ2v) is 22.5. The molecule has 0 amide bonds. The second kappa shape index (κ2) is 17.0. The number of rotatable bonds is 7. The molecule has 0 aliphatic carbocycles. The number of para-hydroxylation sites is 1. The summed E-state index contributed by atoms with van der Waals surface area (Å²) in [7, 11) is -1.34. The average molecular weight is 967 g/mol. The third kappa shape index (κ3) is 8.65. The van der Waals surface area contributed by atoms with E-state index in [9.17, 15) is 0 Å². The monoisotopic (exact) mass is 967 g/mol. The maximum absolute atomic E-state index is 6.40. The fourth-order valence-electron chi connectivity index (χ4n) is 7.76. The van der Waals surface area contributed by atoms with E-state index in [0.717, 1.165) is 73.4 Å². The Morgan fingerprint density at radius 3 is 2.15 bits per heavy atom. The SMILES string of the molecule is CC(C)(C)c1nccc2nc(-c3[c-]ccc4c3oc3ccccc34)n(-c3ccc(-c4ccccc4)cc3)c12.CC(C)Cc1cc(-c2[c-]cccc2)ncc1[Si](C)(C)C.[Ir]. The fourth-order valence-corrected chi connectivity index (χ4v) is 9.35. The minimum atomic E-state index is -1.34. The number of hydrogen-bond acceptors (Lipinski definition) is 4. The number of pyridine rings is 2. The number of aromatic nitrogens is 4. The van der Waals surface area contributed by atoms with E-state index < -0.39 is 8.07 Å². The molecule has 0 unspecified atom stereocenters.